The topological polar surface area (TPSA) is 35.5 Å². The lowest BCUT2D eigenvalue weighted by Gasteiger charge is -2.26. The molecule has 0 saturated heterocycles. The number of benzene rings is 1. The molecule has 0 amide bonds. The molecule has 0 radical (unpaired) electrons. The van der Waals surface area contributed by atoms with E-state index >= 15 is 0 Å². The Labute approximate surface area is 151 Å². The second kappa shape index (κ2) is 11.2. The van der Waals surface area contributed by atoms with Crippen molar-refractivity contribution in [3.8, 4) is 0 Å². The number of methoxy groups -OCH3 is 1. The van der Waals surface area contributed by atoms with Crippen LogP contribution >= 0.6 is 0 Å². The van der Waals surface area contributed by atoms with Crippen LogP contribution in [-0.4, -0.2) is 26.1 Å². The van der Waals surface area contributed by atoms with E-state index in [1.165, 1.54) is 0 Å². The highest BCUT2D eigenvalue weighted by molar-refractivity contribution is 6.24. The van der Waals surface area contributed by atoms with Crippen molar-refractivity contribution in [1.82, 2.24) is 0 Å². The Balaban J connectivity index is 0.00000151. The van der Waals surface area contributed by atoms with E-state index in [0.29, 0.717) is 24.5 Å². The summed E-state index contributed by atoms with van der Waals surface area (Å²) in [4.78, 5) is 13.1. The molecule has 0 fully saturated rings. The van der Waals surface area contributed by atoms with Crippen molar-refractivity contribution in [2.24, 2.45) is 5.92 Å². The van der Waals surface area contributed by atoms with Gasteiger partial charge in [0.25, 0.3) is 0 Å². The van der Waals surface area contributed by atoms with E-state index in [4.69, 9.17) is 9.47 Å². The Morgan fingerprint density at radius 3 is 2.56 bits per heavy atom. The highest BCUT2D eigenvalue weighted by atomic mass is 16.5. The van der Waals surface area contributed by atoms with E-state index in [2.05, 4.69) is 6.58 Å². The maximum absolute atomic E-state index is 13.1. The standard InChI is InChI=1S/C20H22O3.C2H6/c1-4-9-15(12-13-22-3)17-14-23-18(5-2)19(20(17)21)16-10-7-6-8-11-16;1-2/h4-12,17H,2,13-14H2,1,3H3;1-2H3/b9-4-,15-12+;. The maximum Gasteiger partial charge on any atom is 0.178 e. The first-order valence-corrected chi connectivity index (χ1v) is 8.63. The van der Waals surface area contributed by atoms with Crippen LogP contribution in [0.3, 0.4) is 0 Å². The maximum atomic E-state index is 13.1. The van der Waals surface area contributed by atoms with E-state index in [0.717, 1.165) is 11.1 Å². The average Bonchev–Trinajstić information content (AvgIpc) is 2.67. The van der Waals surface area contributed by atoms with Gasteiger partial charge in [0.15, 0.2) is 5.78 Å². The van der Waals surface area contributed by atoms with Crippen molar-refractivity contribution in [3.05, 3.63) is 78.1 Å². The molecule has 0 saturated carbocycles. The normalized spacial score (nSPS) is 17.8. The van der Waals surface area contributed by atoms with Crippen molar-refractivity contribution in [2.75, 3.05) is 20.3 Å². The molecule has 3 nitrogen and oxygen atoms in total. The number of hydrogen-bond acceptors (Lipinski definition) is 3. The van der Waals surface area contributed by atoms with Gasteiger partial charge in [0.05, 0.1) is 18.1 Å². The SMILES string of the molecule is C=CC1=C(c2ccccc2)C(=O)C(C(/C=C\C)=C/COC)CO1.CC. The molecule has 1 aliphatic rings. The van der Waals surface area contributed by atoms with Crippen LogP contribution in [0.5, 0.6) is 0 Å². The van der Waals surface area contributed by atoms with Gasteiger partial charge in [-0.05, 0) is 24.1 Å². The predicted molar refractivity (Wildman–Crippen MR) is 104 cm³/mol. The van der Waals surface area contributed by atoms with E-state index in [1.807, 2.05) is 69.3 Å². The van der Waals surface area contributed by atoms with E-state index in [-0.39, 0.29) is 11.7 Å². The predicted octanol–water partition coefficient (Wildman–Crippen LogP) is 4.97. The van der Waals surface area contributed by atoms with Gasteiger partial charge in [-0.3, -0.25) is 4.79 Å². The Kier molecular flexibility index (Phi) is 9.26. The molecule has 0 N–H and O–H groups in total. The fourth-order valence-corrected chi connectivity index (χ4v) is 2.61. The van der Waals surface area contributed by atoms with Gasteiger partial charge in [-0.1, -0.05) is 69.0 Å². The lowest BCUT2D eigenvalue weighted by Crippen LogP contribution is -2.28. The lowest BCUT2D eigenvalue weighted by atomic mass is 9.85. The third-order valence-electron chi connectivity index (χ3n) is 3.71. The Hall–Kier alpha value is -2.39. The molecular formula is C22H28O3. The monoisotopic (exact) mass is 340 g/mol. The number of hydrogen-bond donors (Lipinski definition) is 0. The zero-order valence-corrected chi connectivity index (χ0v) is 15.6. The number of ketones is 1. The molecule has 1 aromatic carbocycles. The second-order valence-corrected chi connectivity index (χ2v) is 5.20. The zero-order valence-electron chi connectivity index (χ0n) is 15.6. The third kappa shape index (κ3) is 5.30. The molecule has 1 heterocycles. The molecule has 1 aliphatic heterocycles. The highest BCUT2D eigenvalue weighted by Gasteiger charge is 2.32. The summed E-state index contributed by atoms with van der Waals surface area (Å²) >= 11 is 0. The van der Waals surface area contributed by atoms with E-state index in [9.17, 15) is 4.79 Å². The number of carbonyl (C=O) groups is 1. The highest BCUT2D eigenvalue weighted by Crippen LogP contribution is 2.32. The van der Waals surface area contributed by atoms with Crippen molar-refractivity contribution in [3.63, 3.8) is 0 Å². The third-order valence-corrected chi connectivity index (χ3v) is 3.71. The minimum Gasteiger partial charge on any atom is -0.492 e. The van der Waals surface area contributed by atoms with Gasteiger partial charge in [-0.15, -0.1) is 0 Å². The molecule has 134 valence electrons. The summed E-state index contributed by atoms with van der Waals surface area (Å²) in [6.07, 6.45) is 7.38. The number of allylic oxidation sites excluding steroid dienone is 4. The number of ether oxygens (including phenoxy) is 2. The Morgan fingerprint density at radius 2 is 2.00 bits per heavy atom. The van der Waals surface area contributed by atoms with Crippen LogP contribution in [0, 0.1) is 5.92 Å². The van der Waals surface area contributed by atoms with Crippen LogP contribution in [0.2, 0.25) is 0 Å². The molecule has 1 unspecified atom stereocenters. The average molecular weight is 340 g/mol. The van der Waals surface area contributed by atoms with Gasteiger partial charge in [0.1, 0.15) is 12.4 Å². The first-order chi connectivity index (χ1) is 12.2. The summed E-state index contributed by atoms with van der Waals surface area (Å²) < 4.78 is 10.9. The fourth-order valence-electron chi connectivity index (χ4n) is 2.61. The molecule has 0 spiro atoms. The van der Waals surface area contributed by atoms with Gasteiger partial charge < -0.3 is 9.47 Å². The van der Waals surface area contributed by atoms with Crippen LogP contribution in [0.15, 0.2) is 72.5 Å². The van der Waals surface area contributed by atoms with Gasteiger partial charge in [0, 0.05) is 7.11 Å². The first-order valence-electron chi connectivity index (χ1n) is 8.63. The molecular weight excluding hydrogens is 312 g/mol. The van der Waals surface area contributed by atoms with Crippen molar-refractivity contribution in [1.29, 1.82) is 0 Å². The van der Waals surface area contributed by atoms with E-state index < -0.39 is 0 Å². The summed E-state index contributed by atoms with van der Waals surface area (Å²) in [5.74, 6) is 0.266. The summed E-state index contributed by atoms with van der Waals surface area (Å²) in [6, 6.07) is 9.57. The van der Waals surface area contributed by atoms with Crippen LogP contribution < -0.4 is 0 Å². The molecule has 0 aliphatic carbocycles. The van der Waals surface area contributed by atoms with Crippen LogP contribution in [0.4, 0.5) is 0 Å². The first kappa shape index (κ1) is 20.7. The summed E-state index contributed by atoms with van der Waals surface area (Å²) in [5.41, 5.74) is 2.35. The van der Waals surface area contributed by atoms with Gasteiger partial charge >= 0.3 is 0 Å². The Morgan fingerprint density at radius 1 is 1.32 bits per heavy atom. The smallest absolute Gasteiger partial charge is 0.178 e. The minimum absolute atomic E-state index is 0.0535. The van der Waals surface area contributed by atoms with Gasteiger partial charge in [0.2, 0.25) is 0 Å². The molecule has 2 rings (SSSR count). The van der Waals surface area contributed by atoms with Crippen molar-refractivity contribution < 1.29 is 14.3 Å². The largest absolute Gasteiger partial charge is 0.492 e. The summed E-state index contributed by atoms with van der Waals surface area (Å²) in [6.45, 7) is 10.5. The molecule has 1 atom stereocenters. The molecule has 0 bridgehead atoms. The molecule has 0 aromatic heterocycles. The Bertz CT molecular complexity index is 651. The number of carbonyl (C=O) groups excluding carboxylic acids is 1. The summed E-state index contributed by atoms with van der Waals surface area (Å²) in [7, 11) is 1.63. The van der Waals surface area contributed by atoms with Crippen LogP contribution in [0.1, 0.15) is 26.3 Å². The minimum atomic E-state index is -0.333. The number of rotatable bonds is 6. The van der Waals surface area contributed by atoms with Gasteiger partial charge in [-0.2, -0.15) is 0 Å². The van der Waals surface area contributed by atoms with Crippen molar-refractivity contribution >= 4 is 11.4 Å². The second-order valence-electron chi connectivity index (χ2n) is 5.20. The quantitative estimate of drug-likeness (QED) is 0.686. The fraction of sp³-hybridized carbons (Fsp3) is 0.318. The zero-order chi connectivity index (χ0) is 18.7. The lowest BCUT2D eigenvalue weighted by molar-refractivity contribution is -0.118. The molecule has 3 heteroatoms. The number of Topliss-reactive ketones (excluding diaryl/α,β-unsaturated/α-hetero) is 1. The summed E-state index contributed by atoms with van der Waals surface area (Å²) in [5, 5.41) is 0. The van der Waals surface area contributed by atoms with Crippen molar-refractivity contribution in [2.45, 2.75) is 20.8 Å². The molecule has 25 heavy (non-hydrogen) atoms. The van der Waals surface area contributed by atoms with Gasteiger partial charge in [-0.25, -0.2) is 0 Å². The molecule has 1 aromatic rings. The van der Waals surface area contributed by atoms with Crippen LogP contribution in [-0.2, 0) is 14.3 Å². The van der Waals surface area contributed by atoms with E-state index in [1.54, 1.807) is 13.2 Å². The van der Waals surface area contributed by atoms with Crippen LogP contribution in [0.25, 0.3) is 5.57 Å².